The predicted molar refractivity (Wildman–Crippen MR) is 144 cm³/mol. The summed E-state index contributed by atoms with van der Waals surface area (Å²) in [6.07, 6.45) is 1.00. The molecule has 0 bridgehead atoms. The van der Waals surface area contributed by atoms with E-state index < -0.39 is 0 Å². The number of hydrogen-bond donors (Lipinski definition) is 0. The molecule has 166 valence electrons. The molecule has 4 rings (SSSR count). The van der Waals surface area contributed by atoms with E-state index in [0.29, 0.717) is 0 Å². The number of benzene rings is 4. The van der Waals surface area contributed by atoms with Gasteiger partial charge in [0.15, 0.2) is 0 Å². The van der Waals surface area contributed by atoms with E-state index in [-0.39, 0.29) is 28.9 Å². The first-order chi connectivity index (χ1) is 14.3. The largest absolute Gasteiger partial charge is 0.344 e. The molecule has 0 unspecified atom stereocenters. The van der Waals surface area contributed by atoms with E-state index >= 15 is 0 Å². The zero-order valence-corrected chi connectivity index (χ0v) is 21.5. The Kier molecular flexibility index (Phi) is 18.3. The fraction of sp³-hybridized carbons (Fsp3) is 0.0741. The number of halogens is 1. The molecule has 0 aliphatic carbocycles. The average molecular weight is 511 g/mol. The molecule has 0 saturated heterocycles. The van der Waals surface area contributed by atoms with Crippen LogP contribution in [0.5, 0.6) is 0 Å². The van der Waals surface area contributed by atoms with Crippen LogP contribution in [0.4, 0.5) is 0 Å². The maximum atomic E-state index is 3.49. The van der Waals surface area contributed by atoms with Crippen LogP contribution in [0.3, 0.4) is 0 Å². The third kappa shape index (κ3) is 13.5. The summed E-state index contributed by atoms with van der Waals surface area (Å²) in [5.41, 5.74) is 0. The Hall–Kier alpha value is -1.48. The van der Waals surface area contributed by atoms with Crippen molar-refractivity contribution in [2.45, 2.75) is 13.3 Å². The second kappa shape index (κ2) is 19.2. The van der Waals surface area contributed by atoms with Crippen LogP contribution >= 0.6 is 29.6 Å². The van der Waals surface area contributed by atoms with Crippen molar-refractivity contribution in [3.63, 3.8) is 0 Å². The second-order valence-electron chi connectivity index (χ2n) is 6.21. The van der Waals surface area contributed by atoms with Gasteiger partial charge in [-0.25, -0.2) is 0 Å². The fourth-order valence-electron chi connectivity index (χ4n) is 2.42. The fourth-order valence-corrected chi connectivity index (χ4v) is 4.52. The SMILES string of the molecule is Cl.[CH2-]CC.[Ni].c1ccc(Pc2ccccc2)cc1.c1ccc(Pc2ccccc2)cc1. The van der Waals surface area contributed by atoms with Gasteiger partial charge < -0.3 is 6.92 Å². The molecule has 0 aliphatic rings. The van der Waals surface area contributed by atoms with Gasteiger partial charge in [-0.1, -0.05) is 145 Å². The molecule has 0 aromatic heterocycles. The Morgan fingerprint density at radius 1 is 0.484 bits per heavy atom. The Morgan fingerprint density at radius 2 is 0.645 bits per heavy atom. The molecule has 0 amide bonds. The summed E-state index contributed by atoms with van der Waals surface area (Å²) in [5.74, 6) is 0. The predicted octanol–water partition coefficient (Wildman–Crippen LogP) is 6.28. The van der Waals surface area contributed by atoms with Crippen molar-refractivity contribution in [1.29, 1.82) is 0 Å². The van der Waals surface area contributed by atoms with Crippen LogP contribution in [0.2, 0.25) is 0 Å². The number of hydrogen-bond acceptors (Lipinski definition) is 0. The van der Waals surface area contributed by atoms with E-state index in [4.69, 9.17) is 0 Å². The third-order valence-electron chi connectivity index (χ3n) is 3.67. The van der Waals surface area contributed by atoms with Gasteiger partial charge in [0.2, 0.25) is 0 Å². The van der Waals surface area contributed by atoms with Crippen molar-refractivity contribution >= 4 is 50.8 Å². The first kappa shape index (κ1) is 29.5. The molecule has 0 saturated carbocycles. The summed E-state index contributed by atoms with van der Waals surface area (Å²) in [7, 11) is 1.55. The van der Waals surface area contributed by atoms with E-state index in [0.717, 1.165) is 23.6 Å². The van der Waals surface area contributed by atoms with Gasteiger partial charge in [0.05, 0.1) is 0 Å². The monoisotopic (exact) mass is 509 g/mol. The van der Waals surface area contributed by atoms with Crippen molar-refractivity contribution in [3.8, 4) is 0 Å². The third-order valence-corrected chi connectivity index (χ3v) is 6.16. The summed E-state index contributed by atoms with van der Waals surface area (Å²) in [6, 6.07) is 42.3. The van der Waals surface area contributed by atoms with Crippen molar-refractivity contribution in [3.05, 3.63) is 128 Å². The molecule has 0 aliphatic heterocycles. The van der Waals surface area contributed by atoms with Crippen LogP contribution in [0, 0.1) is 6.92 Å². The standard InChI is InChI=1S/2C12H11P.C3H7.ClH.Ni/c2*1-3-7-11(8-4-1)13-12-9-5-2-6-10-12;1-3-2;;/h2*1-10,13H;1,3H2,2H3;1H;/q;;-1;;. The summed E-state index contributed by atoms with van der Waals surface area (Å²) in [6.45, 7) is 5.50. The molecule has 0 atom stereocenters. The maximum Gasteiger partial charge on any atom is 0 e. The molecule has 4 heteroatoms. The molecule has 4 aromatic carbocycles. The van der Waals surface area contributed by atoms with Gasteiger partial charge in [-0.15, -0.1) is 12.4 Å². The minimum atomic E-state index is 0. The van der Waals surface area contributed by atoms with Gasteiger partial charge in [-0.05, 0) is 21.2 Å². The normalized spacial score (nSPS) is 8.84. The zero-order chi connectivity index (χ0) is 20.6. The first-order valence-electron chi connectivity index (χ1n) is 9.85. The minimum Gasteiger partial charge on any atom is -0.344 e. The molecule has 0 N–H and O–H groups in total. The Labute approximate surface area is 208 Å². The van der Waals surface area contributed by atoms with Gasteiger partial charge in [0.1, 0.15) is 0 Å². The van der Waals surface area contributed by atoms with Crippen LogP contribution in [-0.2, 0) is 16.5 Å². The van der Waals surface area contributed by atoms with Crippen molar-refractivity contribution < 1.29 is 16.5 Å². The second-order valence-corrected chi connectivity index (χ2v) is 9.02. The van der Waals surface area contributed by atoms with E-state index in [1.807, 2.05) is 6.92 Å². The van der Waals surface area contributed by atoms with Gasteiger partial charge in [-0.2, -0.15) is 6.42 Å². The van der Waals surface area contributed by atoms with E-state index in [1.54, 1.807) is 0 Å². The minimum absolute atomic E-state index is 0. The Bertz CT molecular complexity index is 737. The Balaban J connectivity index is 0.000000488. The van der Waals surface area contributed by atoms with E-state index in [1.165, 1.54) is 21.2 Å². The first-order valence-corrected chi connectivity index (χ1v) is 11.8. The summed E-state index contributed by atoms with van der Waals surface area (Å²) in [4.78, 5) is 0. The van der Waals surface area contributed by atoms with Crippen LogP contribution in [0.15, 0.2) is 121 Å². The van der Waals surface area contributed by atoms with Crippen molar-refractivity contribution in [2.75, 3.05) is 0 Å². The molecule has 0 fully saturated rings. The van der Waals surface area contributed by atoms with E-state index in [9.17, 15) is 0 Å². The molecule has 0 nitrogen and oxygen atoms in total. The molecule has 0 radical (unpaired) electrons. The van der Waals surface area contributed by atoms with Crippen molar-refractivity contribution in [1.82, 2.24) is 0 Å². The zero-order valence-electron chi connectivity index (χ0n) is 17.7. The van der Waals surface area contributed by atoms with Gasteiger partial charge in [-0.3, -0.25) is 0 Å². The van der Waals surface area contributed by atoms with Gasteiger partial charge in [0, 0.05) is 16.5 Å². The van der Waals surface area contributed by atoms with Gasteiger partial charge in [0.25, 0.3) is 0 Å². The van der Waals surface area contributed by atoms with Crippen molar-refractivity contribution in [2.24, 2.45) is 0 Å². The molecule has 0 spiro atoms. The Morgan fingerprint density at radius 3 is 0.806 bits per heavy atom. The van der Waals surface area contributed by atoms with Gasteiger partial charge >= 0.3 is 0 Å². The van der Waals surface area contributed by atoms with Crippen LogP contribution < -0.4 is 21.2 Å². The summed E-state index contributed by atoms with van der Waals surface area (Å²) < 4.78 is 0. The molecule has 31 heavy (non-hydrogen) atoms. The molecular formula is C27H30ClNiP2-. The quantitative estimate of drug-likeness (QED) is 0.172. The van der Waals surface area contributed by atoms with Crippen LogP contribution in [-0.4, -0.2) is 0 Å². The van der Waals surface area contributed by atoms with E-state index in [2.05, 4.69) is 128 Å². The maximum absolute atomic E-state index is 3.49. The summed E-state index contributed by atoms with van der Waals surface area (Å²) >= 11 is 0. The van der Waals surface area contributed by atoms with Crippen LogP contribution in [0.1, 0.15) is 13.3 Å². The van der Waals surface area contributed by atoms with Crippen LogP contribution in [0.25, 0.3) is 0 Å². The average Bonchev–Trinajstić information content (AvgIpc) is 2.78. The smallest absolute Gasteiger partial charge is 0 e. The topological polar surface area (TPSA) is 0 Å². The molecule has 0 heterocycles. The molecular weight excluding hydrogens is 480 g/mol. The molecule has 4 aromatic rings. The number of rotatable bonds is 4. The summed E-state index contributed by atoms with van der Waals surface area (Å²) in [5, 5.41) is 5.59.